The van der Waals surface area contributed by atoms with Crippen molar-refractivity contribution in [3.8, 4) is 0 Å². The molecule has 0 aliphatic rings. The lowest BCUT2D eigenvalue weighted by molar-refractivity contribution is 0.638. The molecular weight excluding hydrogens is 204 g/mol. The van der Waals surface area contributed by atoms with E-state index in [0.717, 1.165) is 0 Å². The minimum Gasteiger partial charge on any atom is -0.103 e. The van der Waals surface area contributed by atoms with E-state index in [-0.39, 0.29) is 0 Å². The highest BCUT2D eigenvalue weighted by atomic mass is 13.9. The summed E-state index contributed by atoms with van der Waals surface area (Å²) in [6, 6.07) is 0. The normalized spacial score (nSPS) is 9.29. The number of hydrogen-bond acceptors (Lipinski definition) is 0. The lowest BCUT2D eigenvalue weighted by atomic mass is 10.1. The Balaban J connectivity index is 0. The molecule has 0 aromatic heterocycles. The molecule has 102 valence electrons. The molecule has 0 heterocycles. The zero-order valence-electron chi connectivity index (χ0n) is 12.3. The molecule has 0 saturated carbocycles. The van der Waals surface area contributed by atoms with Crippen LogP contribution in [0.15, 0.2) is 25.3 Å². The third kappa shape index (κ3) is 25.6. The Hall–Kier alpha value is -0.520. The fourth-order valence-corrected chi connectivity index (χ4v) is 1.61. The van der Waals surface area contributed by atoms with Gasteiger partial charge < -0.3 is 0 Å². The van der Waals surface area contributed by atoms with Gasteiger partial charge in [-0.1, -0.05) is 70.9 Å². The zero-order valence-corrected chi connectivity index (χ0v) is 12.3. The maximum absolute atomic E-state index is 3.68. The summed E-state index contributed by atoms with van der Waals surface area (Å²) >= 11 is 0. The van der Waals surface area contributed by atoms with Gasteiger partial charge in [0.05, 0.1) is 0 Å². The predicted molar refractivity (Wildman–Crippen MR) is 82.5 cm³/mol. The molecule has 0 unspecified atom stereocenters. The van der Waals surface area contributed by atoms with Crippen molar-refractivity contribution in [3.63, 3.8) is 0 Å². The summed E-state index contributed by atoms with van der Waals surface area (Å²) in [5.74, 6) is 0. The largest absolute Gasteiger partial charge is 0.103 e. The minimum atomic E-state index is 1.19. The summed E-state index contributed by atoms with van der Waals surface area (Å²) in [7, 11) is 0. The summed E-state index contributed by atoms with van der Waals surface area (Å²) in [6.45, 7) is 11.8. The standard InChI is InChI=1S/C9H18.C8H16/c1-3-5-7-9-8-6-4-2;1-3-5-7-8-6-4-2/h3H,1,4-9H2,2H3;3H,1,4-8H2,2H3. The van der Waals surface area contributed by atoms with Gasteiger partial charge in [0.1, 0.15) is 0 Å². The van der Waals surface area contributed by atoms with Gasteiger partial charge in [0.15, 0.2) is 0 Å². The molecule has 0 spiro atoms. The summed E-state index contributed by atoms with van der Waals surface area (Å²) in [4.78, 5) is 0. The van der Waals surface area contributed by atoms with Crippen LogP contribution in [0.25, 0.3) is 0 Å². The van der Waals surface area contributed by atoms with Crippen LogP contribution in [0.4, 0.5) is 0 Å². The maximum atomic E-state index is 3.68. The van der Waals surface area contributed by atoms with Crippen LogP contribution in [-0.4, -0.2) is 0 Å². The van der Waals surface area contributed by atoms with Crippen LogP contribution >= 0.6 is 0 Å². The van der Waals surface area contributed by atoms with E-state index in [0.29, 0.717) is 0 Å². The molecular formula is C17H34. The van der Waals surface area contributed by atoms with Crippen molar-refractivity contribution in [1.29, 1.82) is 0 Å². The van der Waals surface area contributed by atoms with E-state index in [4.69, 9.17) is 0 Å². The average molecular weight is 238 g/mol. The molecule has 0 radical (unpaired) electrons. The van der Waals surface area contributed by atoms with Gasteiger partial charge in [0.2, 0.25) is 0 Å². The van der Waals surface area contributed by atoms with E-state index in [1.54, 1.807) is 0 Å². The van der Waals surface area contributed by atoms with Crippen molar-refractivity contribution in [1.82, 2.24) is 0 Å². The van der Waals surface area contributed by atoms with Gasteiger partial charge in [-0.25, -0.2) is 0 Å². The van der Waals surface area contributed by atoms with Crippen LogP contribution < -0.4 is 0 Å². The van der Waals surface area contributed by atoms with E-state index in [2.05, 4.69) is 27.0 Å². The van der Waals surface area contributed by atoms with Gasteiger partial charge in [0, 0.05) is 0 Å². The third-order valence-electron chi connectivity index (χ3n) is 2.77. The lowest BCUT2D eigenvalue weighted by Crippen LogP contribution is -1.74. The number of hydrogen-bond donors (Lipinski definition) is 0. The van der Waals surface area contributed by atoms with Crippen LogP contribution in [0.2, 0.25) is 0 Å². The fraction of sp³-hybridized carbons (Fsp3) is 0.765. The zero-order chi connectivity index (χ0) is 13.2. The molecule has 0 aromatic carbocycles. The van der Waals surface area contributed by atoms with Crippen molar-refractivity contribution >= 4 is 0 Å². The first-order valence-electron chi connectivity index (χ1n) is 7.55. The first kappa shape index (κ1) is 18.8. The average Bonchev–Trinajstić information content (AvgIpc) is 2.36. The fourth-order valence-electron chi connectivity index (χ4n) is 1.61. The predicted octanol–water partition coefficient (Wildman–Crippen LogP) is 6.68. The van der Waals surface area contributed by atoms with Crippen LogP contribution in [0.5, 0.6) is 0 Å². The van der Waals surface area contributed by atoms with Crippen molar-refractivity contribution in [2.45, 2.75) is 84.5 Å². The first-order chi connectivity index (χ1) is 8.33. The maximum Gasteiger partial charge on any atom is -0.0353 e. The quantitative estimate of drug-likeness (QED) is 0.278. The Morgan fingerprint density at radius 3 is 1.29 bits per heavy atom. The van der Waals surface area contributed by atoms with Crippen LogP contribution in [0, 0.1) is 0 Å². The molecule has 17 heavy (non-hydrogen) atoms. The Morgan fingerprint density at radius 2 is 0.941 bits per heavy atom. The van der Waals surface area contributed by atoms with Crippen molar-refractivity contribution in [2.24, 2.45) is 0 Å². The second-order valence-electron chi connectivity index (χ2n) is 4.63. The number of allylic oxidation sites excluding steroid dienone is 2. The van der Waals surface area contributed by atoms with Crippen LogP contribution in [-0.2, 0) is 0 Å². The molecule has 0 heteroatoms. The molecule has 0 amide bonds. The van der Waals surface area contributed by atoms with Gasteiger partial charge in [-0.05, 0) is 25.7 Å². The second-order valence-corrected chi connectivity index (χ2v) is 4.63. The molecule has 0 rings (SSSR count). The number of rotatable bonds is 11. The van der Waals surface area contributed by atoms with Gasteiger partial charge in [-0.3, -0.25) is 0 Å². The number of unbranched alkanes of at least 4 members (excludes halogenated alkanes) is 9. The smallest absolute Gasteiger partial charge is 0.0353 e. The van der Waals surface area contributed by atoms with Crippen molar-refractivity contribution < 1.29 is 0 Å². The van der Waals surface area contributed by atoms with E-state index >= 15 is 0 Å². The highest BCUT2D eigenvalue weighted by Gasteiger charge is 1.84. The minimum absolute atomic E-state index is 1.19. The van der Waals surface area contributed by atoms with Gasteiger partial charge in [-0.15, -0.1) is 13.2 Å². The molecule has 0 aliphatic carbocycles. The summed E-state index contributed by atoms with van der Waals surface area (Å²) in [5, 5.41) is 0. The summed E-state index contributed by atoms with van der Waals surface area (Å²) in [5.41, 5.74) is 0. The topological polar surface area (TPSA) is 0 Å². The van der Waals surface area contributed by atoms with Crippen LogP contribution in [0.3, 0.4) is 0 Å². The van der Waals surface area contributed by atoms with E-state index in [1.165, 1.54) is 70.6 Å². The third-order valence-corrected chi connectivity index (χ3v) is 2.77. The molecule has 0 aliphatic heterocycles. The molecule has 0 atom stereocenters. The van der Waals surface area contributed by atoms with Crippen molar-refractivity contribution in [3.05, 3.63) is 25.3 Å². The Kier molecular flexibility index (Phi) is 23.1. The van der Waals surface area contributed by atoms with Gasteiger partial charge >= 0.3 is 0 Å². The summed E-state index contributed by atoms with van der Waals surface area (Å²) in [6.07, 6.45) is 18.7. The second kappa shape index (κ2) is 20.8. The molecule has 0 nitrogen and oxygen atoms in total. The molecule has 0 saturated heterocycles. The SMILES string of the molecule is C=CCCCCCC.C=CCCCCCCC. The Labute approximate surface area is 110 Å². The molecule has 0 fully saturated rings. The van der Waals surface area contributed by atoms with E-state index in [1.807, 2.05) is 12.2 Å². The van der Waals surface area contributed by atoms with Gasteiger partial charge in [0.25, 0.3) is 0 Å². The first-order valence-corrected chi connectivity index (χ1v) is 7.55. The highest BCUT2D eigenvalue weighted by molar-refractivity contribution is 4.65. The van der Waals surface area contributed by atoms with Crippen molar-refractivity contribution in [2.75, 3.05) is 0 Å². The Bertz CT molecular complexity index is 135. The molecule has 0 bridgehead atoms. The summed E-state index contributed by atoms with van der Waals surface area (Å²) < 4.78 is 0. The highest BCUT2D eigenvalue weighted by Crippen LogP contribution is 2.04. The van der Waals surface area contributed by atoms with Crippen LogP contribution in [0.1, 0.15) is 84.5 Å². The van der Waals surface area contributed by atoms with E-state index in [9.17, 15) is 0 Å². The van der Waals surface area contributed by atoms with Gasteiger partial charge in [-0.2, -0.15) is 0 Å². The molecule has 0 N–H and O–H groups in total. The monoisotopic (exact) mass is 238 g/mol. The Morgan fingerprint density at radius 1 is 0.588 bits per heavy atom. The molecule has 0 aromatic rings. The lowest BCUT2D eigenvalue weighted by Gasteiger charge is -1.94. The van der Waals surface area contributed by atoms with E-state index < -0.39 is 0 Å².